The van der Waals surface area contributed by atoms with Crippen LogP contribution < -0.4 is 10.0 Å². The first-order chi connectivity index (χ1) is 14.4. The third-order valence-corrected chi connectivity index (χ3v) is 5.93. The van der Waals surface area contributed by atoms with Gasteiger partial charge >= 0.3 is 0 Å². The molecule has 0 spiro atoms. The largest absolute Gasteiger partial charge is 0.321 e. The number of benzene rings is 4. The summed E-state index contributed by atoms with van der Waals surface area (Å²) in [5, 5.41) is 4.67. The number of fused-ring (bicyclic) bond motifs is 1. The molecular formula is C23H17FN2O3S. The number of anilines is 2. The van der Waals surface area contributed by atoms with Gasteiger partial charge in [-0.3, -0.25) is 9.52 Å². The summed E-state index contributed by atoms with van der Waals surface area (Å²) < 4.78 is 41.3. The summed E-state index contributed by atoms with van der Waals surface area (Å²) in [6, 6.07) is 24.2. The summed E-state index contributed by atoms with van der Waals surface area (Å²) in [5.41, 5.74) is 0.623. The van der Waals surface area contributed by atoms with Crippen LogP contribution in [0.1, 0.15) is 10.4 Å². The molecule has 0 saturated carbocycles. The van der Waals surface area contributed by atoms with Crippen LogP contribution in [0.15, 0.2) is 95.9 Å². The molecule has 0 atom stereocenters. The molecule has 1 amide bonds. The van der Waals surface area contributed by atoms with E-state index >= 15 is 0 Å². The number of para-hydroxylation sites is 1. The molecule has 2 N–H and O–H groups in total. The maximum absolute atomic E-state index is 13.8. The van der Waals surface area contributed by atoms with Crippen molar-refractivity contribution in [3.63, 3.8) is 0 Å². The smallest absolute Gasteiger partial charge is 0.262 e. The van der Waals surface area contributed by atoms with Crippen LogP contribution in [-0.4, -0.2) is 14.3 Å². The van der Waals surface area contributed by atoms with Crippen LogP contribution >= 0.6 is 0 Å². The van der Waals surface area contributed by atoms with Crippen molar-refractivity contribution >= 4 is 38.1 Å². The summed E-state index contributed by atoms with van der Waals surface area (Å²) in [4.78, 5) is 12.6. The lowest BCUT2D eigenvalue weighted by atomic mass is 10.1. The second kappa shape index (κ2) is 7.96. The molecule has 0 aromatic heterocycles. The number of carbonyl (C=O) groups is 1. The van der Waals surface area contributed by atoms with Gasteiger partial charge in [0.15, 0.2) is 0 Å². The number of hydrogen-bond acceptors (Lipinski definition) is 3. The van der Waals surface area contributed by atoms with Crippen LogP contribution in [0.4, 0.5) is 15.8 Å². The summed E-state index contributed by atoms with van der Waals surface area (Å²) in [6.07, 6.45) is 0. The normalized spacial score (nSPS) is 11.2. The Morgan fingerprint density at radius 2 is 1.43 bits per heavy atom. The van der Waals surface area contributed by atoms with Crippen molar-refractivity contribution in [1.82, 2.24) is 0 Å². The molecule has 4 aromatic rings. The fourth-order valence-electron chi connectivity index (χ4n) is 3.08. The summed E-state index contributed by atoms with van der Waals surface area (Å²) in [5.74, 6) is -1.14. The van der Waals surface area contributed by atoms with E-state index in [1.807, 2.05) is 36.4 Å². The summed E-state index contributed by atoms with van der Waals surface area (Å²) in [7, 11) is -4.07. The quantitative estimate of drug-likeness (QED) is 0.475. The van der Waals surface area contributed by atoms with Crippen molar-refractivity contribution in [2.75, 3.05) is 10.0 Å². The molecule has 0 aliphatic heterocycles. The van der Waals surface area contributed by atoms with E-state index in [1.54, 1.807) is 6.07 Å². The van der Waals surface area contributed by atoms with E-state index in [1.165, 1.54) is 42.5 Å². The van der Waals surface area contributed by atoms with Gasteiger partial charge in [-0.05, 0) is 41.8 Å². The average molecular weight is 420 g/mol. The van der Waals surface area contributed by atoms with Crippen LogP contribution in [-0.2, 0) is 10.0 Å². The van der Waals surface area contributed by atoms with Crippen molar-refractivity contribution < 1.29 is 17.6 Å². The molecule has 4 aromatic carbocycles. The predicted octanol–water partition coefficient (Wildman–Crippen LogP) is 5.03. The molecule has 0 bridgehead atoms. The first-order valence-corrected chi connectivity index (χ1v) is 10.6. The zero-order chi connectivity index (χ0) is 21.1. The van der Waals surface area contributed by atoms with E-state index in [4.69, 9.17) is 0 Å². The Hall–Kier alpha value is -3.71. The maximum atomic E-state index is 13.8. The van der Waals surface area contributed by atoms with Gasteiger partial charge in [-0.15, -0.1) is 0 Å². The van der Waals surface area contributed by atoms with Gasteiger partial charge in [0.2, 0.25) is 0 Å². The van der Waals surface area contributed by atoms with Crippen molar-refractivity contribution in [1.29, 1.82) is 0 Å². The van der Waals surface area contributed by atoms with Gasteiger partial charge in [0.25, 0.3) is 15.9 Å². The molecule has 5 nitrogen and oxygen atoms in total. The minimum Gasteiger partial charge on any atom is -0.321 e. The van der Waals surface area contributed by atoms with Crippen molar-refractivity contribution in [2.24, 2.45) is 0 Å². The number of sulfonamides is 1. The molecule has 0 saturated heterocycles. The maximum Gasteiger partial charge on any atom is 0.262 e. The van der Waals surface area contributed by atoms with Crippen LogP contribution in [0.25, 0.3) is 10.8 Å². The molecule has 0 unspecified atom stereocenters. The lowest BCUT2D eigenvalue weighted by molar-refractivity contribution is 0.102. The van der Waals surface area contributed by atoms with Gasteiger partial charge in [0, 0.05) is 16.6 Å². The fraction of sp³-hybridized carbons (Fsp3) is 0. The predicted molar refractivity (Wildman–Crippen MR) is 116 cm³/mol. The zero-order valence-electron chi connectivity index (χ0n) is 15.7. The van der Waals surface area contributed by atoms with Crippen LogP contribution in [0.5, 0.6) is 0 Å². The number of halogens is 1. The number of rotatable bonds is 5. The van der Waals surface area contributed by atoms with Gasteiger partial charge in [-0.2, -0.15) is 0 Å². The lowest BCUT2D eigenvalue weighted by Gasteiger charge is -2.11. The van der Waals surface area contributed by atoms with Crippen LogP contribution in [0, 0.1) is 5.82 Å². The van der Waals surface area contributed by atoms with Gasteiger partial charge in [0.05, 0.1) is 10.6 Å². The Balaban J connectivity index is 1.61. The minimum atomic E-state index is -4.07. The lowest BCUT2D eigenvalue weighted by Crippen LogP contribution is -2.16. The van der Waals surface area contributed by atoms with E-state index in [0.29, 0.717) is 5.69 Å². The number of amides is 1. The summed E-state index contributed by atoms with van der Waals surface area (Å²) in [6.45, 7) is 0. The Morgan fingerprint density at radius 1 is 0.767 bits per heavy atom. The van der Waals surface area contributed by atoms with Gasteiger partial charge in [0.1, 0.15) is 5.82 Å². The highest BCUT2D eigenvalue weighted by Crippen LogP contribution is 2.24. The molecule has 0 fully saturated rings. The fourth-order valence-corrected chi connectivity index (χ4v) is 4.19. The molecule has 0 aliphatic rings. The minimum absolute atomic E-state index is 0.142. The standard InChI is InChI=1S/C23H17FN2O3S/c24-20-12-3-4-13-22(20)26-30(28,29)18-10-5-9-17(15-18)23(27)25-21-14-6-8-16-7-1-2-11-19(16)21/h1-15,26H,(H,25,27). The molecule has 30 heavy (non-hydrogen) atoms. The van der Waals surface area contributed by atoms with Gasteiger partial charge in [-0.25, -0.2) is 12.8 Å². The van der Waals surface area contributed by atoms with E-state index in [0.717, 1.165) is 16.8 Å². The van der Waals surface area contributed by atoms with Crippen LogP contribution in [0.2, 0.25) is 0 Å². The molecule has 0 radical (unpaired) electrons. The molecular weight excluding hydrogens is 403 g/mol. The Labute approximate surface area is 173 Å². The van der Waals surface area contributed by atoms with E-state index in [9.17, 15) is 17.6 Å². The number of hydrogen-bond donors (Lipinski definition) is 2. The Morgan fingerprint density at radius 3 is 2.27 bits per heavy atom. The van der Waals surface area contributed by atoms with Crippen molar-refractivity contribution in [2.45, 2.75) is 4.90 Å². The second-order valence-corrected chi connectivity index (χ2v) is 8.28. The monoisotopic (exact) mass is 420 g/mol. The molecule has 0 aliphatic carbocycles. The highest BCUT2D eigenvalue weighted by molar-refractivity contribution is 7.92. The second-order valence-electron chi connectivity index (χ2n) is 6.59. The molecule has 150 valence electrons. The van der Waals surface area contributed by atoms with Crippen molar-refractivity contribution in [3.05, 3.63) is 102 Å². The first-order valence-electron chi connectivity index (χ1n) is 9.10. The van der Waals surface area contributed by atoms with E-state index < -0.39 is 21.7 Å². The molecule has 7 heteroatoms. The number of carbonyl (C=O) groups excluding carboxylic acids is 1. The zero-order valence-corrected chi connectivity index (χ0v) is 16.5. The number of nitrogens with one attached hydrogen (secondary N) is 2. The van der Waals surface area contributed by atoms with Crippen LogP contribution in [0.3, 0.4) is 0 Å². The Kier molecular flexibility index (Phi) is 5.20. The molecule has 4 rings (SSSR count). The van der Waals surface area contributed by atoms with E-state index in [2.05, 4.69) is 10.0 Å². The van der Waals surface area contributed by atoms with Gasteiger partial charge < -0.3 is 5.32 Å². The van der Waals surface area contributed by atoms with Gasteiger partial charge in [-0.1, -0.05) is 54.6 Å². The first kappa shape index (κ1) is 19.6. The SMILES string of the molecule is O=C(Nc1cccc2ccccc12)c1cccc(S(=O)(=O)Nc2ccccc2F)c1. The topological polar surface area (TPSA) is 75.3 Å². The highest BCUT2D eigenvalue weighted by Gasteiger charge is 2.18. The average Bonchev–Trinajstić information content (AvgIpc) is 2.75. The molecule has 0 heterocycles. The van der Waals surface area contributed by atoms with E-state index in [-0.39, 0.29) is 16.1 Å². The third kappa shape index (κ3) is 4.01. The van der Waals surface area contributed by atoms with Crippen molar-refractivity contribution in [3.8, 4) is 0 Å². The third-order valence-electron chi connectivity index (χ3n) is 4.56. The Bertz CT molecular complexity index is 1350. The summed E-state index contributed by atoms with van der Waals surface area (Å²) >= 11 is 0. The highest BCUT2D eigenvalue weighted by atomic mass is 32.2.